The van der Waals surface area contributed by atoms with Gasteiger partial charge in [0.05, 0.1) is 17.8 Å². The van der Waals surface area contributed by atoms with E-state index in [1.54, 1.807) is 0 Å². The fourth-order valence-corrected chi connectivity index (χ4v) is 2.22. The first-order valence-electron chi connectivity index (χ1n) is 5.35. The third-order valence-corrected chi connectivity index (χ3v) is 3.38. The number of halogens is 2. The molecule has 2 aromatic rings. The zero-order valence-corrected chi connectivity index (χ0v) is 10.7. The molecule has 0 saturated heterocycles. The van der Waals surface area contributed by atoms with Crippen molar-refractivity contribution in [2.24, 2.45) is 0 Å². The van der Waals surface area contributed by atoms with Crippen molar-refractivity contribution in [1.82, 2.24) is 4.98 Å². The topological polar surface area (TPSA) is 62.2 Å². The van der Waals surface area contributed by atoms with E-state index in [0.29, 0.717) is 0 Å². The molecule has 0 aliphatic rings. The van der Waals surface area contributed by atoms with E-state index in [4.69, 9.17) is 5.11 Å². The van der Waals surface area contributed by atoms with Crippen LogP contribution in [0.2, 0.25) is 0 Å². The van der Waals surface area contributed by atoms with Crippen LogP contribution >= 0.6 is 11.3 Å². The minimum atomic E-state index is -1.50. The van der Waals surface area contributed by atoms with Crippen LogP contribution in [0.1, 0.15) is 21.1 Å². The predicted molar refractivity (Wildman–Crippen MR) is 67.5 cm³/mol. The summed E-state index contributed by atoms with van der Waals surface area (Å²) in [6, 6.07) is 2.22. The van der Waals surface area contributed by atoms with Gasteiger partial charge in [0.1, 0.15) is 5.01 Å². The summed E-state index contributed by atoms with van der Waals surface area (Å²) in [4.78, 5) is 14.8. The van der Waals surface area contributed by atoms with Gasteiger partial charge in [-0.05, 0) is 19.1 Å². The van der Waals surface area contributed by atoms with E-state index in [2.05, 4.69) is 10.3 Å². The van der Waals surface area contributed by atoms with Crippen molar-refractivity contribution in [1.29, 1.82) is 0 Å². The lowest BCUT2D eigenvalue weighted by atomic mass is 10.2. The summed E-state index contributed by atoms with van der Waals surface area (Å²) >= 11 is 1.40. The maximum Gasteiger partial charge on any atom is 0.338 e. The second kappa shape index (κ2) is 5.31. The van der Waals surface area contributed by atoms with Gasteiger partial charge in [0.25, 0.3) is 0 Å². The molecule has 0 unspecified atom stereocenters. The average Bonchev–Trinajstić information content (AvgIpc) is 2.76. The van der Waals surface area contributed by atoms with Gasteiger partial charge in [-0.1, -0.05) is 0 Å². The zero-order chi connectivity index (χ0) is 14.0. The van der Waals surface area contributed by atoms with Crippen LogP contribution in [0.15, 0.2) is 17.5 Å². The lowest BCUT2D eigenvalue weighted by molar-refractivity contribution is 0.0690. The fraction of sp³-hybridized carbons (Fsp3) is 0.167. The molecule has 0 saturated carbocycles. The van der Waals surface area contributed by atoms with Crippen LogP contribution < -0.4 is 5.32 Å². The summed E-state index contributed by atoms with van der Waals surface area (Å²) in [5.41, 5.74) is 0.0816. The summed E-state index contributed by atoms with van der Waals surface area (Å²) in [5.74, 6) is -4.07. The first-order chi connectivity index (χ1) is 8.99. The monoisotopic (exact) mass is 284 g/mol. The largest absolute Gasteiger partial charge is 0.478 e. The first-order valence-corrected chi connectivity index (χ1v) is 6.23. The minimum absolute atomic E-state index is 0.0876. The maximum absolute atomic E-state index is 13.6. The quantitative estimate of drug-likeness (QED) is 0.906. The Hall–Kier alpha value is -2.02. The van der Waals surface area contributed by atoms with Crippen LogP contribution in [0.4, 0.5) is 14.5 Å². The average molecular weight is 284 g/mol. The Balaban J connectivity index is 2.17. The van der Waals surface area contributed by atoms with Crippen LogP contribution in [0.3, 0.4) is 0 Å². The molecule has 1 aromatic carbocycles. The van der Waals surface area contributed by atoms with Gasteiger partial charge in [-0.3, -0.25) is 0 Å². The number of carboxylic acid groups (broad SMARTS) is 1. The van der Waals surface area contributed by atoms with E-state index in [-0.39, 0.29) is 12.2 Å². The Bertz CT molecular complexity index is 628. The van der Waals surface area contributed by atoms with Crippen molar-refractivity contribution in [2.75, 3.05) is 5.32 Å². The molecule has 19 heavy (non-hydrogen) atoms. The van der Waals surface area contributed by atoms with Crippen LogP contribution in [0.25, 0.3) is 0 Å². The molecular weight excluding hydrogens is 274 g/mol. The summed E-state index contributed by atoms with van der Waals surface area (Å²) < 4.78 is 27.0. The van der Waals surface area contributed by atoms with Gasteiger partial charge in [-0.25, -0.2) is 18.6 Å². The van der Waals surface area contributed by atoms with Gasteiger partial charge in [-0.15, -0.1) is 11.3 Å². The van der Waals surface area contributed by atoms with Crippen LogP contribution in [-0.4, -0.2) is 16.1 Å². The highest BCUT2D eigenvalue weighted by molar-refractivity contribution is 7.09. The molecule has 0 atom stereocenters. The molecule has 0 radical (unpaired) electrons. The summed E-state index contributed by atoms with van der Waals surface area (Å²) in [6.45, 7) is 2.09. The van der Waals surface area contributed by atoms with Crippen molar-refractivity contribution in [3.8, 4) is 0 Å². The van der Waals surface area contributed by atoms with Crippen LogP contribution in [0.5, 0.6) is 0 Å². The number of carboxylic acids is 1. The molecule has 0 aliphatic heterocycles. The normalized spacial score (nSPS) is 10.5. The van der Waals surface area contributed by atoms with Crippen molar-refractivity contribution in [3.05, 3.63) is 45.4 Å². The van der Waals surface area contributed by atoms with Gasteiger partial charge < -0.3 is 10.4 Å². The fourth-order valence-electron chi connectivity index (χ4n) is 1.51. The van der Waals surface area contributed by atoms with Gasteiger partial charge in [0, 0.05) is 11.1 Å². The predicted octanol–water partition coefficient (Wildman–Crippen LogP) is 3.04. The second-order valence-electron chi connectivity index (χ2n) is 3.83. The van der Waals surface area contributed by atoms with Gasteiger partial charge in [0.15, 0.2) is 11.6 Å². The van der Waals surface area contributed by atoms with E-state index in [0.717, 1.165) is 16.8 Å². The second-order valence-corrected chi connectivity index (χ2v) is 4.77. The van der Waals surface area contributed by atoms with E-state index in [9.17, 15) is 13.6 Å². The number of aryl methyl sites for hydroxylation is 1. The van der Waals surface area contributed by atoms with E-state index >= 15 is 0 Å². The number of benzene rings is 1. The summed E-state index contributed by atoms with van der Waals surface area (Å²) in [5, 5.41) is 13.9. The molecule has 0 aliphatic carbocycles. The highest BCUT2D eigenvalue weighted by atomic mass is 32.1. The molecule has 0 fully saturated rings. The molecule has 100 valence electrons. The smallest absolute Gasteiger partial charge is 0.338 e. The lowest BCUT2D eigenvalue weighted by Crippen LogP contribution is -2.07. The summed E-state index contributed by atoms with van der Waals surface area (Å²) in [7, 11) is 0. The summed E-state index contributed by atoms with van der Waals surface area (Å²) in [6.07, 6.45) is 0. The van der Waals surface area contributed by atoms with Crippen LogP contribution in [-0.2, 0) is 6.54 Å². The van der Waals surface area contributed by atoms with Gasteiger partial charge >= 0.3 is 5.97 Å². The van der Waals surface area contributed by atoms with Crippen molar-refractivity contribution < 1.29 is 18.7 Å². The Labute approximate surface area is 111 Å². The number of anilines is 1. The van der Waals surface area contributed by atoms with Gasteiger partial charge in [-0.2, -0.15) is 0 Å². The SMILES string of the molecule is Cc1csc(CNc2ccc(C(=O)O)c(F)c2F)n1. The van der Waals surface area contributed by atoms with Crippen molar-refractivity contribution in [3.63, 3.8) is 0 Å². The minimum Gasteiger partial charge on any atom is -0.478 e. The molecule has 1 aromatic heterocycles. The third-order valence-electron chi connectivity index (χ3n) is 2.41. The maximum atomic E-state index is 13.6. The first kappa shape index (κ1) is 13.4. The number of aromatic carboxylic acids is 1. The molecule has 7 heteroatoms. The van der Waals surface area contributed by atoms with Gasteiger partial charge in [0.2, 0.25) is 0 Å². The number of hydrogen-bond acceptors (Lipinski definition) is 4. The Morgan fingerprint density at radius 3 is 2.74 bits per heavy atom. The standard InChI is InChI=1S/C12H10F2N2O2S/c1-6-5-19-9(16-6)4-15-8-3-2-7(12(17)18)10(13)11(8)14/h2-3,5,15H,4H2,1H3,(H,17,18). The van der Waals surface area contributed by atoms with Crippen LogP contribution in [0, 0.1) is 18.6 Å². The highest BCUT2D eigenvalue weighted by Crippen LogP contribution is 2.21. The Morgan fingerprint density at radius 1 is 1.42 bits per heavy atom. The van der Waals surface area contributed by atoms with Crippen molar-refractivity contribution in [2.45, 2.75) is 13.5 Å². The molecule has 0 amide bonds. The van der Waals surface area contributed by atoms with Crippen molar-refractivity contribution >= 4 is 23.0 Å². The molecule has 0 bridgehead atoms. The molecule has 2 N–H and O–H groups in total. The Kier molecular flexibility index (Phi) is 3.75. The van der Waals surface area contributed by atoms with E-state index < -0.39 is 23.2 Å². The third kappa shape index (κ3) is 2.87. The Morgan fingerprint density at radius 2 is 2.16 bits per heavy atom. The number of nitrogens with one attached hydrogen (secondary N) is 1. The van der Waals surface area contributed by atoms with E-state index in [1.165, 1.54) is 17.4 Å². The molecule has 4 nitrogen and oxygen atoms in total. The number of thiazole rings is 1. The number of aromatic nitrogens is 1. The number of hydrogen-bond donors (Lipinski definition) is 2. The zero-order valence-electron chi connectivity index (χ0n) is 9.91. The lowest BCUT2D eigenvalue weighted by Gasteiger charge is -2.07. The highest BCUT2D eigenvalue weighted by Gasteiger charge is 2.17. The molecular formula is C12H10F2N2O2S. The molecule has 0 spiro atoms. The number of rotatable bonds is 4. The van der Waals surface area contributed by atoms with E-state index in [1.807, 2.05) is 12.3 Å². The molecule has 1 heterocycles. The number of nitrogens with zero attached hydrogens (tertiary/aromatic N) is 1. The molecule has 2 rings (SSSR count). The number of carbonyl (C=O) groups is 1.